The van der Waals surface area contributed by atoms with E-state index >= 15 is 0 Å². The van der Waals surface area contributed by atoms with E-state index in [1.165, 1.54) is 88.6 Å². The zero-order valence-electron chi connectivity index (χ0n) is 38.3. The number of aryl methyl sites for hydroxylation is 1. The molecule has 68 heavy (non-hydrogen) atoms. The van der Waals surface area contributed by atoms with Gasteiger partial charge in [0.15, 0.2) is 0 Å². The highest BCUT2D eigenvalue weighted by Crippen LogP contribution is 2.64. The Hall–Kier alpha value is -8.40. The Balaban J connectivity index is 1.05. The molecule has 3 heteroatoms. The molecule has 0 fully saturated rings. The van der Waals surface area contributed by atoms with Gasteiger partial charge in [0.25, 0.3) is 0 Å². The minimum absolute atomic E-state index is 0.161. The second-order valence-electron chi connectivity index (χ2n) is 19.3. The first-order chi connectivity index (χ1) is 33.4. The van der Waals surface area contributed by atoms with Gasteiger partial charge in [0.1, 0.15) is 0 Å². The summed E-state index contributed by atoms with van der Waals surface area (Å²) in [4.78, 5) is 4.94. The molecule has 11 aromatic rings. The number of rotatable bonds is 6. The Kier molecular flexibility index (Phi) is 8.17. The van der Waals surface area contributed by atoms with Gasteiger partial charge in [0, 0.05) is 57.2 Å². The molecule has 1 unspecified atom stereocenters. The lowest BCUT2D eigenvalue weighted by Crippen LogP contribution is -2.26. The average molecular weight is 870 g/mol. The van der Waals surface area contributed by atoms with Crippen LogP contribution in [0, 0.1) is 0 Å². The van der Waals surface area contributed by atoms with Crippen molar-refractivity contribution in [2.24, 2.45) is 7.05 Å². The number of aromatic nitrogens is 1. The van der Waals surface area contributed by atoms with Crippen molar-refractivity contribution >= 4 is 55.9 Å². The maximum absolute atomic E-state index is 2.54. The Morgan fingerprint density at radius 3 is 1.34 bits per heavy atom. The highest BCUT2D eigenvalue weighted by atomic mass is 15.2. The molecule has 3 aliphatic rings. The van der Waals surface area contributed by atoms with Crippen LogP contribution in [0.2, 0.25) is 0 Å². The zero-order valence-corrected chi connectivity index (χ0v) is 38.3. The van der Waals surface area contributed by atoms with E-state index in [1.54, 1.807) is 0 Å². The van der Waals surface area contributed by atoms with Gasteiger partial charge in [-0.05, 0) is 140 Å². The van der Waals surface area contributed by atoms with Gasteiger partial charge in [-0.2, -0.15) is 0 Å². The molecule has 0 N–H and O–H groups in total. The summed E-state index contributed by atoms with van der Waals surface area (Å²) in [5.41, 5.74) is 24.2. The third kappa shape index (κ3) is 5.19. The van der Waals surface area contributed by atoms with Crippen LogP contribution in [-0.2, 0) is 17.9 Å². The van der Waals surface area contributed by atoms with Crippen molar-refractivity contribution in [1.29, 1.82) is 0 Å². The zero-order chi connectivity index (χ0) is 45.3. The lowest BCUT2D eigenvalue weighted by molar-refractivity contribution is 0.660. The van der Waals surface area contributed by atoms with Gasteiger partial charge < -0.3 is 14.4 Å². The molecule has 1 aromatic heterocycles. The molecular formula is C65H47N3. The number of hydrogen-bond donors (Lipinski definition) is 0. The SMILES string of the molecule is Cn1c2ccccc2c2cccc(N(c3ccc4c(c3)C(C)(C)c3ccccc3-4)c3ccc4c(c3)C3(c5ccccc5-c5ccc(N(c6ccccc6)c6ccccc6)cc53)c3ccccc3-4)c21. The van der Waals surface area contributed by atoms with Gasteiger partial charge in [0.2, 0.25) is 0 Å². The first-order valence-corrected chi connectivity index (χ1v) is 23.8. The third-order valence-electron chi connectivity index (χ3n) is 15.6. The van der Waals surface area contributed by atoms with Crippen molar-refractivity contribution in [3.8, 4) is 33.4 Å². The molecule has 0 saturated carbocycles. The third-order valence-corrected chi connectivity index (χ3v) is 15.6. The van der Waals surface area contributed by atoms with Crippen molar-refractivity contribution in [3.05, 3.63) is 264 Å². The van der Waals surface area contributed by atoms with Crippen LogP contribution in [0.5, 0.6) is 0 Å². The van der Waals surface area contributed by atoms with Crippen molar-refractivity contribution in [3.63, 3.8) is 0 Å². The molecule has 0 bridgehead atoms. The smallest absolute Gasteiger partial charge is 0.0733 e. The molecule has 3 nitrogen and oxygen atoms in total. The van der Waals surface area contributed by atoms with E-state index in [4.69, 9.17) is 0 Å². The topological polar surface area (TPSA) is 11.4 Å². The van der Waals surface area contributed by atoms with E-state index < -0.39 is 5.41 Å². The lowest BCUT2D eigenvalue weighted by Gasteiger charge is -2.33. The van der Waals surface area contributed by atoms with E-state index in [1.807, 2.05) is 0 Å². The number of nitrogens with zero attached hydrogens (tertiary/aromatic N) is 3. The Morgan fingerprint density at radius 2 is 0.750 bits per heavy atom. The Bertz CT molecular complexity index is 3810. The van der Waals surface area contributed by atoms with E-state index in [0.29, 0.717) is 0 Å². The quantitative estimate of drug-likeness (QED) is 0.165. The lowest BCUT2D eigenvalue weighted by atomic mass is 9.70. The van der Waals surface area contributed by atoms with Crippen LogP contribution >= 0.6 is 0 Å². The molecular weight excluding hydrogens is 823 g/mol. The van der Waals surface area contributed by atoms with Gasteiger partial charge in [-0.1, -0.05) is 172 Å². The molecule has 10 aromatic carbocycles. The summed E-state index contributed by atoms with van der Waals surface area (Å²) in [7, 11) is 2.22. The van der Waals surface area contributed by atoms with Crippen molar-refractivity contribution in [2.75, 3.05) is 9.80 Å². The number of benzene rings is 10. The predicted octanol–water partition coefficient (Wildman–Crippen LogP) is 16.9. The molecule has 14 rings (SSSR count). The average Bonchev–Trinajstić information content (AvgIpc) is 4.04. The van der Waals surface area contributed by atoms with Gasteiger partial charge in [-0.3, -0.25) is 0 Å². The van der Waals surface area contributed by atoms with Crippen LogP contribution < -0.4 is 9.80 Å². The molecule has 0 amide bonds. The molecule has 1 atom stereocenters. The maximum atomic E-state index is 2.54. The fourth-order valence-electron chi connectivity index (χ4n) is 12.6. The Labute approximate surface area is 397 Å². The molecule has 322 valence electrons. The van der Waals surface area contributed by atoms with Crippen LogP contribution in [-0.4, -0.2) is 4.57 Å². The van der Waals surface area contributed by atoms with Gasteiger partial charge in [0.05, 0.1) is 16.6 Å². The summed E-state index contributed by atoms with van der Waals surface area (Å²) < 4.78 is 2.39. The summed E-state index contributed by atoms with van der Waals surface area (Å²) in [5, 5.41) is 2.51. The largest absolute Gasteiger partial charge is 0.342 e. The monoisotopic (exact) mass is 869 g/mol. The highest BCUT2D eigenvalue weighted by molar-refractivity contribution is 6.13. The number of para-hydroxylation sites is 4. The fourth-order valence-corrected chi connectivity index (χ4v) is 12.6. The standard InChI is InChI=1S/C65H47N3/c1-64(2)55-28-14-10-23-47(55)50-36-34-45(39-58(50)64)68(62-32-18-27-54-53-26-13-17-31-61(53)66(3)63(54)62)46-35-38-52-49-25-12-16-30-57(49)65(60(52)41-46)56-29-15-11-24-48(56)51-37-33-44(40-59(51)65)67(42-19-6-4-7-20-42)43-21-8-5-9-22-43/h4-41H,1-3H3. The molecule has 0 radical (unpaired) electrons. The second-order valence-corrected chi connectivity index (χ2v) is 19.3. The molecule has 3 aliphatic carbocycles. The van der Waals surface area contributed by atoms with E-state index in [2.05, 4.69) is 266 Å². The number of fused-ring (bicyclic) bond motifs is 16. The van der Waals surface area contributed by atoms with Gasteiger partial charge in [-0.15, -0.1) is 0 Å². The Morgan fingerprint density at radius 1 is 0.324 bits per heavy atom. The van der Waals surface area contributed by atoms with Crippen molar-refractivity contribution < 1.29 is 0 Å². The number of hydrogen-bond acceptors (Lipinski definition) is 2. The molecule has 1 heterocycles. The van der Waals surface area contributed by atoms with Crippen LogP contribution in [0.15, 0.2) is 231 Å². The minimum Gasteiger partial charge on any atom is -0.342 e. The highest BCUT2D eigenvalue weighted by Gasteiger charge is 2.52. The summed E-state index contributed by atoms with van der Waals surface area (Å²) >= 11 is 0. The first kappa shape index (κ1) is 38.8. The minimum atomic E-state index is -0.582. The van der Waals surface area contributed by atoms with Crippen LogP contribution in [0.1, 0.15) is 47.2 Å². The van der Waals surface area contributed by atoms with Gasteiger partial charge >= 0.3 is 0 Å². The predicted molar refractivity (Wildman–Crippen MR) is 284 cm³/mol. The van der Waals surface area contributed by atoms with E-state index in [-0.39, 0.29) is 5.41 Å². The van der Waals surface area contributed by atoms with Crippen LogP contribution in [0.25, 0.3) is 55.2 Å². The molecule has 0 saturated heterocycles. The number of anilines is 6. The van der Waals surface area contributed by atoms with E-state index in [0.717, 1.165) is 34.1 Å². The second kappa shape index (κ2) is 14.3. The van der Waals surface area contributed by atoms with Crippen molar-refractivity contribution in [1.82, 2.24) is 4.57 Å². The van der Waals surface area contributed by atoms with Crippen LogP contribution in [0.3, 0.4) is 0 Å². The van der Waals surface area contributed by atoms with Gasteiger partial charge in [-0.25, -0.2) is 0 Å². The summed E-state index contributed by atoms with van der Waals surface area (Å²) in [5.74, 6) is 0. The summed E-state index contributed by atoms with van der Waals surface area (Å²) in [6.07, 6.45) is 0. The van der Waals surface area contributed by atoms with Crippen LogP contribution in [0.4, 0.5) is 34.1 Å². The fraction of sp³-hybridized carbons (Fsp3) is 0.0769. The first-order valence-electron chi connectivity index (χ1n) is 23.8. The molecule has 1 spiro atoms. The maximum Gasteiger partial charge on any atom is 0.0733 e. The summed E-state index contributed by atoms with van der Waals surface area (Å²) in [6.45, 7) is 4.76. The molecule has 0 aliphatic heterocycles. The van der Waals surface area contributed by atoms with Crippen molar-refractivity contribution in [2.45, 2.75) is 24.7 Å². The normalized spacial score (nSPS) is 15.5. The summed E-state index contributed by atoms with van der Waals surface area (Å²) in [6, 6.07) is 86.1. The van der Waals surface area contributed by atoms with E-state index in [9.17, 15) is 0 Å².